The van der Waals surface area contributed by atoms with E-state index in [1.54, 1.807) is 6.07 Å². The summed E-state index contributed by atoms with van der Waals surface area (Å²) in [6, 6.07) is 5.45. The van der Waals surface area contributed by atoms with Gasteiger partial charge in [0.2, 0.25) is 0 Å². The van der Waals surface area contributed by atoms with Gasteiger partial charge in [-0.25, -0.2) is 0 Å². The maximum atomic E-state index is 11.7. The standard InChI is InChI=1S/C10H10Br2ClNO/c1-6(13)5-14-10(15)8-4-7(11)2-3-9(8)12/h2-4,6H,5H2,1H3,(H,14,15). The summed E-state index contributed by atoms with van der Waals surface area (Å²) in [6.45, 7) is 2.29. The Bertz CT molecular complexity index is 368. The van der Waals surface area contributed by atoms with E-state index >= 15 is 0 Å². The van der Waals surface area contributed by atoms with Crippen LogP contribution in [0, 0.1) is 0 Å². The number of hydrogen-bond acceptors (Lipinski definition) is 1. The molecule has 1 N–H and O–H groups in total. The molecule has 1 rings (SSSR count). The molecule has 0 aliphatic carbocycles. The number of halogens is 3. The molecule has 82 valence electrons. The Labute approximate surface area is 111 Å². The average Bonchev–Trinajstić information content (AvgIpc) is 2.18. The van der Waals surface area contributed by atoms with Gasteiger partial charge in [-0.2, -0.15) is 0 Å². The maximum Gasteiger partial charge on any atom is 0.252 e. The van der Waals surface area contributed by atoms with Crippen LogP contribution in [0.4, 0.5) is 0 Å². The molecule has 1 atom stereocenters. The molecule has 1 amide bonds. The molecule has 0 spiro atoms. The highest BCUT2D eigenvalue weighted by molar-refractivity contribution is 9.11. The van der Waals surface area contributed by atoms with Crippen molar-refractivity contribution < 1.29 is 4.79 Å². The summed E-state index contributed by atoms with van der Waals surface area (Å²) in [4.78, 5) is 11.7. The molecule has 0 aliphatic heterocycles. The van der Waals surface area contributed by atoms with Crippen LogP contribution in [0.2, 0.25) is 0 Å². The van der Waals surface area contributed by atoms with Crippen LogP contribution < -0.4 is 5.32 Å². The SMILES string of the molecule is CC(Cl)CNC(=O)c1cc(Br)ccc1Br. The van der Waals surface area contributed by atoms with Crippen molar-refractivity contribution in [2.45, 2.75) is 12.3 Å². The van der Waals surface area contributed by atoms with Crippen molar-refractivity contribution in [3.05, 3.63) is 32.7 Å². The van der Waals surface area contributed by atoms with Gasteiger partial charge in [0.05, 0.1) is 5.56 Å². The van der Waals surface area contributed by atoms with Gasteiger partial charge >= 0.3 is 0 Å². The van der Waals surface area contributed by atoms with Gasteiger partial charge in [0.25, 0.3) is 5.91 Å². The fourth-order valence-corrected chi connectivity index (χ4v) is 1.86. The Kier molecular flexibility index (Phi) is 5.09. The molecule has 0 saturated carbocycles. The second kappa shape index (κ2) is 5.87. The summed E-state index contributed by atoms with van der Waals surface area (Å²) < 4.78 is 1.64. The van der Waals surface area contributed by atoms with E-state index in [4.69, 9.17) is 11.6 Å². The average molecular weight is 355 g/mol. The number of rotatable bonds is 3. The van der Waals surface area contributed by atoms with Crippen LogP contribution in [0.1, 0.15) is 17.3 Å². The molecule has 0 aromatic heterocycles. The molecule has 5 heteroatoms. The predicted octanol–water partition coefficient (Wildman–Crippen LogP) is 3.57. The zero-order valence-electron chi connectivity index (χ0n) is 8.06. The number of carbonyl (C=O) groups excluding carboxylic acids is 1. The Morgan fingerprint density at radius 1 is 1.53 bits per heavy atom. The Balaban J connectivity index is 2.77. The maximum absolute atomic E-state index is 11.7. The van der Waals surface area contributed by atoms with Gasteiger partial charge in [-0.3, -0.25) is 4.79 Å². The van der Waals surface area contributed by atoms with Crippen LogP contribution in [-0.4, -0.2) is 17.8 Å². The molecule has 0 heterocycles. The van der Waals surface area contributed by atoms with Crippen molar-refractivity contribution in [3.8, 4) is 0 Å². The van der Waals surface area contributed by atoms with Crippen molar-refractivity contribution in [1.29, 1.82) is 0 Å². The van der Waals surface area contributed by atoms with Crippen LogP contribution in [0.5, 0.6) is 0 Å². The first-order valence-electron chi connectivity index (χ1n) is 4.38. The Hall–Kier alpha value is -0.0600. The lowest BCUT2D eigenvalue weighted by Gasteiger charge is -2.08. The summed E-state index contributed by atoms with van der Waals surface area (Å²) in [7, 11) is 0. The van der Waals surface area contributed by atoms with Gasteiger partial charge in [-0.05, 0) is 41.1 Å². The summed E-state index contributed by atoms with van der Waals surface area (Å²) in [5, 5.41) is 2.68. The number of benzene rings is 1. The van der Waals surface area contributed by atoms with Crippen molar-refractivity contribution in [2.75, 3.05) is 6.54 Å². The highest BCUT2D eigenvalue weighted by atomic mass is 79.9. The Morgan fingerprint density at radius 2 is 2.20 bits per heavy atom. The highest BCUT2D eigenvalue weighted by Gasteiger charge is 2.10. The van der Waals surface area contributed by atoms with Gasteiger partial charge in [0.15, 0.2) is 0 Å². The van der Waals surface area contributed by atoms with Gasteiger partial charge in [-0.15, -0.1) is 11.6 Å². The largest absolute Gasteiger partial charge is 0.351 e. The number of amides is 1. The molecule has 2 nitrogen and oxygen atoms in total. The molecule has 15 heavy (non-hydrogen) atoms. The van der Waals surface area contributed by atoms with Crippen LogP contribution in [0.15, 0.2) is 27.1 Å². The number of nitrogens with one attached hydrogen (secondary N) is 1. The first-order valence-corrected chi connectivity index (χ1v) is 6.40. The zero-order chi connectivity index (χ0) is 11.4. The van der Waals surface area contributed by atoms with Gasteiger partial charge < -0.3 is 5.32 Å². The van der Waals surface area contributed by atoms with Crippen molar-refractivity contribution in [1.82, 2.24) is 5.32 Å². The molecule has 1 unspecified atom stereocenters. The van der Waals surface area contributed by atoms with Crippen molar-refractivity contribution in [3.63, 3.8) is 0 Å². The summed E-state index contributed by atoms with van der Waals surface area (Å²) in [5.74, 6) is -0.129. The minimum absolute atomic E-state index is 0.0696. The van der Waals surface area contributed by atoms with Gasteiger partial charge in [-0.1, -0.05) is 15.9 Å². The van der Waals surface area contributed by atoms with Crippen molar-refractivity contribution in [2.24, 2.45) is 0 Å². The molecular weight excluding hydrogens is 345 g/mol. The fraction of sp³-hybridized carbons (Fsp3) is 0.300. The molecular formula is C10H10Br2ClNO. The van der Waals surface area contributed by atoms with Crippen LogP contribution in [-0.2, 0) is 0 Å². The van der Waals surface area contributed by atoms with E-state index in [2.05, 4.69) is 37.2 Å². The third-order valence-corrected chi connectivity index (χ3v) is 3.06. The normalized spacial score (nSPS) is 12.3. The Morgan fingerprint density at radius 3 is 2.80 bits per heavy atom. The second-order valence-corrected chi connectivity index (χ2v) is 5.63. The van der Waals surface area contributed by atoms with E-state index in [0.717, 1.165) is 8.95 Å². The third-order valence-electron chi connectivity index (χ3n) is 1.72. The van der Waals surface area contributed by atoms with Gasteiger partial charge in [0, 0.05) is 20.9 Å². The topological polar surface area (TPSA) is 29.1 Å². The lowest BCUT2D eigenvalue weighted by Crippen LogP contribution is -2.28. The molecule has 0 radical (unpaired) electrons. The number of alkyl halides is 1. The van der Waals surface area contributed by atoms with Crippen LogP contribution in [0.25, 0.3) is 0 Å². The highest BCUT2D eigenvalue weighted by Crippen LogP contribution is 2.21. The van der Waals surface area contributed by atoms with Crippen LogP contribution >= 0.6 is 43.5 Å². The molecule has 0 fully saturated rings. The smallest absolute Gasteiger partial charge is 0.252 e. The minimum Gasteiger partial charge on any atom is -0.351 e. The molecule has 0 aliphatic rings. The second-order valence-electron chi connectivity index (χ2n) is 3.11. The molecule has 0 saturated heterocycles. The monoisotopic (exact) mass is 353 g/mol. The molecule has 1 aromatic carbocycles. The van der Waals surface area contributed by atoms with Crippen molar-refractivity contribution >= 4 is 49.4 Å². The predicted molar refractivity (Wildman–Crippen MR) is 69.5 cm³/mol. The van der Waals surface area contributed by atoms with E-state index in [9.17, 15) is 4.79 Å². The number of carbonyl (C=O) groups is 1. The van der Waals surface area contributed by atoms with E-state index in [0.29, 0.717) is 12.1 Å². The fourth-order valence-electron chi connectivity index (χ4n) is 1.00. The van der Waals surface area contributed by atoms with E-state index in [-0.39, 0.29) is 11.3 Å². The van der Waals surface area contributed by atoms with Crippen LogP contribution in [0.3, 0.4) is 0 Å². The quantitative estimate of drug-likeness (QED) is 0.825. The lowest BCUT2D eigenvalue weighted by atomic mass is 10.2. The third kappa shape index (κ3) is 4.13. The molecule has 1 aromatic rings. The van der Waals surface area contributed by atoms with E-state index < -0.39 is 0 Å². The number of hydrogen-bond donors (Lipinski definition) is 1. The minimum atomic E-state index is -0.129. The van der Waals surface area contributed by atoms with Gasteiger partial charge in [0.1, 0.15) is 0 Å². The molecule has 0 bridgehead atoms. The first-order chi connectivity index (χ1) is 7.00. The zero-order valence-corrected chi connectivity index (χ0v) is 12.0. The van der Waals surface area contributed by atoms with E-state index in [1.807, 2.05) is 19.1 Å². The summed E-state index contributed by atoms with van der Waals surface area (Å²) in [6.07, 6.45) is 0. The first kappa shape index (κ1) is 13.0. The van der Waals surface area contributed by atoms with E-state index in [1.165, 1.54) is 0 Å². The summed E-state index contributed by atoms with van der Waals surface area (Å²) >= 11 is 12.4. The summed E-state index contributed by atoms with van der Waals surface area (Å²) in [5.41, 5.74) is 0.599. The lowest BCUT2D eigenvalue weighted by molar-refractivity contribution is 0.0953.